The minimum Gasteiger partial charge on any atom is -0.459 e. The van der Waals surface area contributed by atoms with Crippen LogP contribution in [0, 0.1) is 18.8 Å². The van der Waals surface area contributed by atoms with E-state index >= 15 is 0 Å². The van der Waals surface area contributed by atoms with Crippen molar-refractivity contribution in [1.82, 2.24) is 4.98 Å². The minimum absolute atomic E-state index is 0.135. The highest BCUT2D eigenvalue weighted by molar-refractivity contribution is 8.17. The van der Waals surface area contributed by atoms with Gasteiger partial charge in [0.15, 0.2) is 13.0 Å². The van der Waals surface area contributed by atoms with E-state index in [2.05, 4.69) is 68.0 Å². The molecular formula is C36H50N4O5S2Si. The van der Waals surface area contributed by atoms with E-state index in [0.29, 0.717) is 35.4 Å². The Morgan fingerprint density at radius 3 is 2.31 bits per heavy atom. The number of aromatic nitrogens is 1. The maximum Gasteiger partial charge on any atom is 0.291 e. The second-order valence-corrected chi connectivity index (χ2v) is 26.6. The van der Waals surface area contributed by atoms with E-state index in [1.165, 1.54) is 18.5 Å². The molecule has 12 heteroatoms. The third-order valence-corrected chi connectivity index (χ3v) is 25.1. The van der Waals surface area contributed by atoms with Crippen molar-refractivity contribution in [2.24, 2.45) is 4.36 Å². The summed E-state index contributed by atoms with van der Waals surface area (Å²) in [5.74, 6) is 5.94. The number of amides is 2. The van der Waals surface area contributed by atoms with Crippen LogP contribution in [0.25, 0.3) is 0 Å². The van der Waals surface area contributed by atoms with Crippen molar-refractivity contribution in [3.63, 3.8) is 0 Å². The Kier molecular flexibility index (Phi) is 12.8. The number of rotatable bonds is 11. The molecule has 1 aromatic carbocycles. The predicted molar refractivity (Wildman–Crippen MR) is 201 cm³/mol. The van der Waals surface area contributed by atoms with E-state index in [9.17, 15) is 18.0 Å². The molecule has 2 unspecified atom stereocenters. The fourth-order valence-corrected chi connectivity index (χ4v) is 21.8. The second kappa shape index (κ2) is 15.8. The van der Waals surface area contributed by atoms with Gasteiger partial charge in [-0.15, -0.1) is 0 Å². The standard InChI is InChI=1S/C36H50N4O5S2Si/c1-10-11-20-47(44,21-13-22-48(46(9)43,35(3,4)5)36(6,7)8)40-33(41)29-24-28(32(37)38-25-29)17-16-27-14-12-15-30(23-27)39-34(42)31-26(2)18-19-45-31/h12,14-15,18-19,23-25H,10-11,13,20-22H2,1-9H3,(H2,37,38)(H,39,42). The number of anilines is 2. The van der Waals surface area contributed by atoms with Gasteiger partial charge in [-0.25, -0.2) is 9.19 Å². The Labute approximate surface area is 289 Å². The van der Waals surface area contributed by atoms with Crippen molar-refractivity contribution in [1.29, 1.82) is 0 Å². The maximum atomic E-state index is 14.2. The van der Waals surface area contributed by atoms with Crippen molar-refractivity contribution in [3.05, 3.63) is 76.9 Å². The third kappa shape index (κ3) is 9.33. The Morgan fingerprint density at radius 2 is 1.73 bits per heavy atom. The molecule has 3 N–H and O–H groups in total. The number of aryl methyl sites for hydroxylation is 1. The van der Waals surface area contributed by atoms with E-state index in [4.69, 9.17) is 10.2 Å². The number of nitrogen functional groups attached to an aromatic ring is 1. The number of benzene rings is 1. The number of hydrogen-bond donors (Lipinski definition) is 2. The Balaban J connectivity index is 1.86. The first-order valence-electron chi connectivity index (χ1n) is 16.2. The lowest BCUT2D eigenvalue weighted by Gasteiger charge is -2.50. The van der Waals surface area contributed by atoms with Crippen molar-refractivity contribution >= 4 is 50.5 Å². The van der Waals surface area contributed by atoms with E-state index < -0.39 is 33.1 Å². The first-order chi connectivity index (χ1) is 22.3. The van der Waals surface area contributed by atoms with E-state index in [1.807, 2.05) is 13.2 Å². The molecule has 2 atom stereocenters. The van der Waals surface area contributed by atoms with Crippen molar-refractivity contribution in [2.75, 3.05) is 28.8 Å². The van der Waals surface area contributed by atoms with Gasteiger partial charge >= 0.3 is 0 Å². The molecule has 0 aliphatic heterocycles. The van der Waals surface area contributed by atoms with Crippen molar-refractivity contribution in [3.8, 4) is 11.8 Å². The van der Waals surface area contributed by atoms with Crippen LogP contribution in [0.1, 0.15) is 105 Å². The van der Waals surface area contributed by atoms with Crippen LogP contribution in [0.5, 0.6) is 0 Å². The van der Waals surface area contributed by atoms with Crippen molar-refractivity contribution < 1.29 is 22.4 Å². The first kappa shape index (κ1) is 38.9. The highest BCUT2D eigenvalue weighted by Gasteiger charge is 2.56. The molecule has 3 aromatic rings. The van der Waals surface area contributed by atoms with Crippen LogP contribution in [0.15, 0.2) is 57.6 Å². The van der Waals surface area contributed by atoms with Crippen LogP contribution in [0.2, 0.25) is 16.1 Å². The number of carbonyl (C=O) groups excluding carboxylic acids is 2. The van der Waals surface area contributed by atoms with Crippen LogP contribution >= 0.6 is 0 Å². The SMILES string of the molecule is CCCCS(=O)(CCC[Si](S(C)=O)(C(C)(C)C)C(C)(C)C)=NC(=O)c1cnc(N)c(C#Cc2cccc(NC(=O)c3occc3C)c2)c1. The molecule has 2 amide bonds. The number of nitrogens with one attached hydrogen (secondary N) is 1. The Bertz CT molecular complexity index is 1840. The normalized spacial score (nSPS) is 13.9. The summed E-state index contributed by atoms with van der Waals surface area (Å²) in [4.78, 5) is 30.2. The lowest BCUT2D eigenvalue weighted by molar-refractivity contribution is 0.0991. The van der Waals surface area contributed by atoms with Crippen LogP contribution in [0.3, 0.4) is 0 Å². The van der Waals surface area contributed by atoms with Gasteiger partial charge < -0.3 is 15.5 Å². The minimum atomic E-state index is -2.89. The van der Waals surface area contributed by atoms with E-state index in [1.54, 1.807) is 37.3 Å². The topological polar surface area (TPSA) is 145 Å². The lowest BCUT2D eigenvalue weighted by atomic mass is 10.1. The summed E-state index contributed by atoms with van der Waals surface area (Å²) in [7, 11) is -6.33. The highest BCUT2D eigenvalue weighted by atomic mass is 32.4. The molecule has 0 saturated heterocycles. The van der Waals surface area contributed by atoms with Crippen LogP contribution in [0.4, 0.5) is 11.5 Å². The maximum absolute atomic E-state index is 14.2. The van der Waals surface area contributed by atoms with Gasteiger partial charge in [0.25, 0.3) is 11.8 Å². The van der Waals surface area contributed by atoms with E-state index in [0.717, 1.165) is 18.0 Å². The predicted octanol–water partition coefficient (Wildman–Crippen LogP) is 7.94. The Hall–Kier alpha value is -3.53. The smallest absolute Gasteiger partial charge is 0.291 e. The number of pyridine rings is 1. The molecule has 2 aromatic heterocycles. The summed E-state index contributed by atoms with van der Waals surface area (Å²) in [6.07, 6.45) is 6.68. The molecular weight excluding hydrogens is 661 g/mol. The quantitative estimate of drug-likeness (QED) is 0.152. The number of nitrogens with two attached hydrogens (primary N) is 1. The monoisotopic (exact) mass is 710 g/mol. The van der Waals surface area contributed by atoms with Gasteiger partial charge in [-0.3, -0.25) is 13.8 Å². The first-order valence-corrected chi connectivity index (χ1v) is 22.5. The average Bonchev–Trinajstić information content (AvgIpc) is 3.42. The number of hydrogen-bond acceptors (Lipinski definition) is 7. The fraction of sp³-hybridized carbons (Fsp3) is 0.472. The molecule has 48 heavy (non-hydrogen) atoms. The number of furan rings is 1. The largest absolute Gasteiger partial charge is 0.459 e. The third-order valence-electron chi connectivity index (χ3n) is 8.67. The molecule has 260 valence electrons. The van der Waals surface area contributed by atoms with Crippen molar-refractivity contribution in [2.45, 2.75) is 90.8 Å². The molecule has 2 heterocycles. The van der Waals surface area contributed by atoms with Gasteiger partial charge in [-0.2, -0.15) is 4.36 Å². The average molecular weight is 711 g/mol. The molecule has 0 aliphatic carbocycles. The zero-order chi connectivity index (χ0) is 35.9. The highest BCUT2D eigenvalue weighted by Crippen LogP contribution is 2.55. The zero-order valence-electron chi connectivity index (χ0n) is 29.7. The number of nitrogens with zero attached hydrogens (tertiary/aromatic N) is 2. The van der Waals surface area contributed by atoms with Crippen LogP contribution < -0.4 is 11.1 Å². The second-order valence-electron chi connectivity index (χ2n) is 14.2. The molecule has 0 bridgehead atoms. The van der Waals surface area contributed by atoms with Crippen LogP contribution in [-0.4, -0.2) is 50.2 Å². The molecule has 0 spiro atoms. The molecule has 0 radical (unpaired) electrons. The molecule has 0 fully saturated rings. The zero-order valence-corrected chi connectivity index (χ0v) is 32.3. The van der Waals surface area contributed by atoms with Gasteiger partial charge in [-0.05, 0) is 76.5 Å². The Morgan fingerprint density at radius 1 is 1.06 bits per heavy atom. The molecule has 0 aliphatic rings. The fourth-order valence-electron chi connectivity index (χ4n) is 6.49. The summed E-state index contributed by atoms with van der Waals surface area (Å²) in [6, 6.07) is 11.0. The summed E-state index contributed by atoms with van der Waals surface area (Å²) < 4.78 is 37.1. The summed E-state index contributed by atoms with van der Waals surface area (Å²) in [6.45, 7) is 16.8. The summed E-state index contributed by atoms with van der Waals surface area (Å²) in [5.41, 5.74) is 8.45. The van der Waals surface area contributed by atoms with Gasteiger partial charge in [0, 0.05) is 40.8 Å². The molecule has 0 saturated carbocycles. The number of carbonyl (C=O) groups is 2. The van der Waals surface area contributed by atoms with Gasteiger partial charge in [-0.1, -0.05) is 72.8 Å². The van der Waals surface area contributed by atoms with Gasteiger partial charge in [0.1, 0.15) is 5.82 Å². The summed E-state index contributed by atoms with van der Waals surface area (Å²) >= 11 is 0. The van der Waals surface area contributed by atoms with E-state index in [-0.39, 0.29) is 38.9 Å². The molecule has 9 nitrogen and oxygen atoms in total. The lowest BCUT2D eigenvalue weighted by Crippen LogP contribution is -2.55. The molecule has 3 rings (SSSR count). The van der Waals surface area contributed by atoms with Gasteiger partial charge in [0.2, 0.25) is 0 Å². The number of unbranched alkanes of at least 4 members (excludes halogenated alkanes) is 1. The summed E-state index contributed by atoms with van der Waals surface area (Å²) in [5, 5.41) is 2.53. The van der Waals surface area contributed by atoms with Crippen LogP contribution in [-0.2, 0) is 20.0 Å². The van der Waals surface area contributed by atoms with Gasteiger partial charge in [0.05, 0.1) is 27.1 Å².